The molecule has 1 heterocycles. The highest BCUT2D eigenvalue weighted by Crippen LogP contribution is 2.30. The topological polar surface area (TPSA) is 62.7 Å². The van der Waals surface area contributed by atoms with Crippen LogP contribution in [0.1, 0.15) is 10.5 Å². The van der Waals surface area contributed by atoms with E-state index in [0.29, 0.717) is 10.9 Å². The normalized spacial score (nSPS) is 10.4. The molecule has 0 radical (unpaired) electrons. The van der Waals surface area contributed by atoms with Crippen LogP contribution in [0.15, 0.2) is 24.3 Å². The fourth-order valence-electron chi connectivity index (χ4n) is 1.79. The second-order valence-corrected chi connectivity index (χ2v) is 4.09. The van der Waals surface area contributed by atoms with Crippen molar-refractivity contribution >= 4 is 22.6 Å². The van der Waals surface area contributed by atoms with E-state index in [9.17, 15) is 9.90 Å². The quantitative estimate of drug-likeness (QED) is 0.818. The highest BCUT2D eigenvalue weighted by Gasteiger charge is 2.14. The van der Waals surface area contributed by atoms with Crippen LogP contribution in [0.25, 0.3) is 10.9 Å². The number of pyridine rings is 1. The number of fused-ring (bicyclic) bond motifs is 1. The average Bonchev–Trinajstić information content (AvgIpc) is 2.36. The molecule has 1 N–H and O–H groups in total. The highest BCUT2D eigenvalue weighted by molar-refractivity contribution is 5.98. The number of nitrogens with zero attached hydrogens (tertiary/aromatic N) is 2. The third kappa shape index (κ3) is 1.95. The fraction of sp³-hybridized carbons (Fsp3) is 0.231. The molecule has 0 saturated carbocycles. The average molecular weight is 246 g/mol. The maximum atomic E-state index is 11.5. The molecule has 0 amide bonds. The first-order chi connectivity index (χ1) is 8.54. The molecule has 5 heteroatoms. The van der Waals surface area contributed by atoms with Crippen molar-refractivity contribution in [2.24, 2.45) is 0 Å². The molecule has 0 saturated heterocycles. The number of hydrogen-bond donors (Lipinski definition) is 1. The first kappa shape index (κ1) is 12.2. The van der Waals surface area contributed by atoms with E-state index in [1.54, 1.807) is 6.07 Å². The minimum Gasteiger partial charge on any atom is -0.507 e. The molecule has 0 spiro atoms. The summed E-state index contributed by atoms with van der Waals surface area (Å²) in [5.41, 5.74) is 1.49. The maximum Gasteiger partial charge on any atom is 0.356 e. The van der Waals surface area contributed by atoms with Crippen LogP contribution in [0.2, 0.25) is 0 Å². The number of hydrogen-bond acceptors (Lipinski definition) is 5. The molecule has 0 bridgehead atoms. The molecule has 0 aliphatic heterocycles. The number of anilines is 1. The number of benzene rings is 1. The summed E-state index contributed by atoms with van der Waals surface area (Å²) in [6.07, 6.45) is 0. The summed E-state index contributed by atoms with van der Waals surface area (Å²) in [5.74, 6) is -0.551. The van der Waals surface area contributed by atoms with Crippen LogP contribution in [-0.4, -0.2) is 37.3 Å². The first-order valence-corrected chi connectivity index (χ1v) is 5.43. The van der Waals surface area contributed by atoms with E-state index in [-0.39, 0.29) is 11.4 Å². The Hall–Kier alpha value is -2.30. The number of rotatable bonds is 2. The van der Waals surface area contributed by atoms with E-state index < -0.39 is 5.97 Å². The molecule has 0 atom stereocenters. The van der Waals surface area contributed by atoms with Gasteiger partial charge in [-0.05, 0) is 12.1 Å². The predicted octanol–water partition coefficient (Wildman–Crippen LogP) is 1.79. The number of methoxy groups -OCH3 is 1. The molecule has 2 rings (SSSR count). The third-order valence-corrected chi connectivity index (χ3v) is 2.67. The van der Waals surface area contributed by atoms with Gasteiger partial charge in [0.25, 0.3) is 0 Å². The zero-order valence-electron chi connectivity index (χ0n) is 10.5. The van der Waals surface area contributed by atoms with Crippen LogP contribution in [0.3, 0.4) is 0 Å². The smallest absolute Gasteiger partial charge is 0.356 e. The monoisotopic (exact) mass is 246 g/mol. The lowest BCUT2D eigenvalue weighted by atomic mass is 10.1. The van der Waals surface area contributed by atoms with Crippen LogP contribution >= 0.6 is 0 Å². The van der Waals surface area contributed by atoms with Crippen molar-refractivity contribution in [1.29, 1.82) is 0 Å². The van der Waals surface area contributed by atoms with Crippen molar-refractivity contribution in [2.75, 3.05) is 26.1 Å². The van der Waals surface area contributed by atoms with Gasteiger partial charge in [0.2, 0.25) is 0 Å². The summed E-state index contributed by atoms with van der Waals surface area (Å²) in [4.78, 5) is 17.6. The zero-order chi connectivity index (χ0) is 13.3. The van der Waals surface area contributed by atoms with E-state index in [2.05, 4.69) is 9.72 Å². The van der Waals surface area contributed by atoms with Crippen molar-refractivity contribution in [2.45, 2.75) is 0 Å². The SMILES string of the molecule is COC(=O)c1cc(O)c2cccc(N(C)C)c2n1. The number of aromatic hydroxyl groups is 1. The Morgan fingerprint density at radius 1 is 1.39 bits per heavy atom. The second kappa shape index (κ2) is 4.52. The highest BCUT2D eigenvalue weighted by atomic mass is 16.5. The molecule has 0 aliphatic carbocycles. The number of para-hydroxylation sites is 1. The molecular formula is C13H14N2O3. The molecule has 2 aromatic rings. The Balaban J connectivity index is 2.76. The Labute approximate surface area is 105 Å². The summed E-state index contributed by atoms with van der Waals surface area (Å²) in [6.45, 7) is 0. The van der Waals surface area contributed by atoms with Gasteiger partial charge < -0.3 is 14.7 Å². The van der Waals surface area contributed by atoms with Crippen LogP contribution in [0, 0.1) is 0 Å². The van der Waals surface area contributed by atoms with Crippen molar-refractivity contribution in [3.8, 4) is 5.75 Å². The lowest BCUT2D eigenvalue weighted by molar-refractivity contribution is 0.0594. The van der Waals surface area contributed by atoms with Crippen molar-refractivity contribution in [1.82, 2.24) is 4.98 Å². The fourth-order valence-corrected chi connectivity index (χ4v) is 1.79. The van der Waals surface area contributed by atoms with Crippen molar-refractivity contribution in [3.05, 3.63) is 30.0 Å². The van der Waals surface area contributed by atoms with Gasteiger partial charge in [0, 0.05) is 25.5 Å². The number of carbonyl (C=O) groups excluding carboxylic acids is 1. The van der Waals surface area contributed by atoms with E-state index in [1.165, 1.54) is 13.2 Å². The number of aromatic nitrogens is 1. The van der Waals surface area contributed by atoms with Crippen molar-refractivity contribution < 1.29 is 14.6 Å². The summed E-state index contributed by atoms with van der Waals surface area (Å²) >= 11 is 0. The van der Waals surface area contributed by atoms with Gasteiger partial charge in [0.05, 0.1) is 18.3 Å². The maximum absolute atomic E-state index is 11.5. The molecule has 1 aromatic carbocycles. The van der Waals surface area contributed by atoms with Gasteiger partial charge in [-0.2, -0.15) is 0 Å². The molecule has 0 aliphatic rings. The lowest BCUT2D eigenvalue weighted by Gasteiger charge is -2.15. The van der Waals surface area contributed by atoms with Gasteiger partial charge in [-0.3, -0.25) is 0 Å². The van der Waals surface area contributed by atoms with E-state index in [4.69, 9.17) is 0 Å². The molecule has 18 heavy (non-hydrogen) atoms. The van der Waals surface area contributed by atoms with E-state index in [1.807, 2.05) is 31.1 Å². The lowest BCUT2D eigenvalue weighted by Crippen LogP contribution is -2.11. The Kier molecular flexibility index (Phi) is 3.06. The zero-order valence-corrected chi connectivity index (χ0v) is 10.5. The van der Waals surface area contributed by atoms with E-state index >= 15 is 0 Å². The van der Waals surface area contributed by atoms with Crippen molar-refractivity contribution in [3.63, 3.8) is 0 Å². The summed E-state index contributed by atoms with van der Waals surface area (Å²) in [7, 11) is 5.03. The minimum atomic E-state index is -0.569. The van der Waals surface area contributed by atoms with Gasteiger partial charge >= 0.3 is 5.97 Å². The van der Waals surface area contributed by atoms with Crippen LogP contribution in [0.4, 0.5) is 5.69 Å². The first-order valence-electron chi connectivity index (χ1n) is 5.43. The standard InChI is InChI=1S/C13H14N2O3/c1-15(2)10-6-4-5-8-11(16)7-9(13(17)18-3)14-12(8)10/h4-7H,1-3H3,(H,14,16). The van der Waals surface area contributed by atoms with Crippen LogP contribution in [-0.2, 0) is 4.74 Å². The molecular weight excluding hydrogens is 232 g/mol. The summed E-state index contributed by atoms with van der Waals surface area (Å²) in [5, 5.41) is 10.5. The molecule has 0 unspecified atom stereocenters. The number of esters is 1. The summed E-state index contributed by atoms with van der Waals surface area (Å²) in [6, 6.07) is 6.77. The Bertz CT molecular complexity index is 608. The molecule has 94 valence electrons. The van der Waals surface area contributed by atoms with Crippen LogP contribution < -0.4 is 4.90 Å². The second-order valence-electron chi connectivity index (χ2n) is 4.09. The molecule has 0 fully saturated rings. The predicted molar refractivity (Wildman–Crippen MR) is 69.1 cm³/mol. The largest absolute Gasteiger partial charge is 0.507 e. The number of ether oxygens (including phenoxy) is 1. The van der Waals surface area contributed by atoms with Gasteiger partial charge in [-0.1, -0.05) is 6.07 Å². The van der Waals surface area contributed by atoms with Gasteiger partial charge in [0.1, 0.15) is 5.75 Å². The Morgan fingerprint density at radius 3 is 2.72 bits per heavy atom. The molecule has 1 aromatic heterocycles. The number of carbonyl (C=O) groups is 1. The summed E-state index contributed by atoms with van der Waals surface area (Å²) < 4.78 is 4.61. The third-order valence-electron chi connectivity index (χ3n) is 2.67. The van der Waals surface area contributed by atoms with E-state index in [0.717, 1.165) is 5.69 Å². The van der Waals surface area contributed by atoms with Gasteiger partial charge in [0.15, 0.2) is 5.69 Å². The molecule has 5 nitrogen and oxygen atoms in total. The van der Waals surface area contributed by atoms with Gasteiger partial charge in [-0.15, -0.1) is 0 Å². The van der Waals surface area contributed by atoms with Gasteiger partial charge in [-0.25, -0.2) is 9.78 Å². The Morgan fingerprint density at radius 2 is 2.11 bits per heavy atom. The van der Waals surface area contributed by atoms with Crippen LogP contribution in [0.5, 0.6) is 5.75 Å². The minimum absolute atomic E-state index is 0.0177.